The molecule has 0 aliphatic rings. The number of hydrogen-bond acceptors (Lipinski definition) is 2. The smallest absolute Gasteiger partial charge is 0.234 e. The van der Waals surface area contributed by atoms with Gasteiger partial charge in [0.1, 0.15) is 0 Å². The largest absolute Gasteiger partial charge is 0.435 e. The van der Waals surface area contributed by atoms with Gasteiger partial charge in [-0.1, -0.05) is 6.07 Å². The van der Waals surface area contributed by atoms with E-state index in [1.807, 2.05) is 0 Å². The van der Waals surface area contributed by atoms with E-state index in [9.17, 15) is 13.2 Å². The summed E-state index contributed by atoms with van der Waals surface area (Å²) in [5.41, 5.74) is 0.568. The summed E-state index contributed by atoms with van der Waals surface area (Å²) in [5, 5.41) is 3.44. The first kappa shape index (κ1) is 12.9. The van der Waals surface area contributed by atoms with Crippen LogP contribution in [0.4, 0.5) is 13.2 Å². The SMILES string of the molecule is Cc1nc(-n2ccc(C(F)(F)F)n2)ccc1CCl. The van der Waals surface area contributed by atoms with E-state index in [-0.39, 0.29) is 0 Å². The normalized spacial score (nSPS) is 11.8. The first-order valence-corrected chi connectivity index (χ1v) is 5.61. The zero-order valence-corrected chi connectivity index (χ0v) is 10.1. The lowest BCUT2D eigenvalue weighted by molar-refractivity contribution is -0.141. The van der Waals surface area contributed by atoms with E-state index in [1.165, 1.54) is 6.20 Å². The Morgan fingerprint density at radius 3 is 2.50 bits per heavy atom. The molecule has 2 aromatic rings. The van der Waals surface area contributed by atoms with Crippen LogP contribution in [0.25, 0.3) is 5.82 Å². The van der Waals surface area contributed by atoms with E-state index in [4.69, 9.17) is 11.6 Å². The molecule has 0 amide bonds. The van der Waals surface area contributed by atoms with Crippen molar-refractivity contribution in [1.82, 2.24) is 14.8 Å². The maximum atomic E-state index is 12.4. The highest BCUT2D eigenvalue weighted by molar-refractivity contribution is 6.17. The average Bonchev–Trinajstić information content (AvgIpc) is 2.77. The van der Waals surface area contributed by atoms with Gasteiger partial charge in [-0.15, -0.1) is 11.6 Å². The summed E-state index contributed by atoms with van der Waals surface area (Å²) in [4.78, 5) is 4.16. The molecule has 96 valence electrons. The van der Waals surface area contributed by atoms with Gasteiger partial charge in [-0.05, 0) is 24.6 Å². The van der Waals surface area contributed by atoms with Crippen molar-refractivity contribution in [2.75, 3.05) is 0 Å². The number of aryl methyl sites for hydroxylation is 1. The molecule has 2 aromatic heterocycles. The highest BCUT2D eigenvalue weighted by Gasteiger charge is 2.33. The quantitative estimate of drug-likeness (QED) is 0.787. The van der Waals surface area contributed by atoms with Crippen LogP contribution in [0.2, 0.25) is 0 Å². The van der Waals surface area contributed by atoms with E-state index in [0.717, 1.165) is 16.3 Å². The van der Waals surface area contributed by atoms with E-state index < -0.39 is 11.9 Å². The molecule has 0 atom stereocenters. The molecule has 0 fully saturated rings. The molecule has 0 aliphatic heterocycles. The predicted molar refractivity (Wildman–Crippen MR) is 60.7 cm³/mol. The number of nitrogens with zero attached hydrogens (tertiary/aromatic N) is 3. The van der Waals surface area contributed by atoms with Crippen molar-refractivity contribution in [3.8, 4) is 5.82 Å². The molecular formula is C11H9ClF3N3. The molecule has 0 saturated carbocycles. The second-order valence-corrected chi connectivity index (χ2v) is 3.96. The predicted octanol–water partition coefficient (Wildman–Crippen LogP) is 3.33. The van der Waals surface area contributed by atoms with Crippen LogP contribution in [0.3, 0.4) is 0 Å². The van der Waals surface area contributed by atoms with Gasteiger partial charge in [-0.2, -0.15) is 18.3 Å². The van der Waals surface area contributed by atoms with E-state index >= 15 is 0 Å². The molecule has 18 heavy (non-hydrogen) atoms. The Morgan fingerprint density at radius 2 is 2.00 bits per heavy atom. The van der Waals surface area contributed by atoms with Gasteiger partial charge in [-0.3, -0.25) is 0 Å². The lowest BCUT2D eigenvalue weighted by Gasteiger charge is -2.05. The monoisotopic (exact) mass is 275 g/mol. The van der Waals surface area contributed by atoms with Crippen molar-refractivity contribution in [2.45, 2.75) is 19.0 Å². The van der Waals surface area contributed by atoms with E-state index in [1.54, 1.807) is 19.1 Å². The summed E-state index contributed by atoms with van der Waals surface area (Å²) in [7, 11) is 0. The number of rotatable bonds is 2. The Hall–Kier alpha value is -1.56. The Labute approximate surface area is 106 Å². The lowest BCUT2D eigenvalue weighted by Crippen LogP contribution is -2.08. The van der Waals surface area contributed by atoms with Crippen molar-refractivity contribution in [1.29, 1.82) is 0 Å². The van der Waals surface area contributed by atoms with Crippen molar-refractivity contribution in [2.24, 2.45) is 0 Å². The fraction of sp³-hybridized carbons (Fsp3) is 0.273. The van der Waals surface area contributed by atoms with Crippen LogP contribution < -0.4 is 0 Å². The van der Waals surface area contributed by atoms with Gasteiger partial charge in [0.15, 0.2) is 11.5 Å². The Balaban J connectivity index is 2.38. The summed E-state index contributed by atoms with van der Waals surface area (Å²) in [5.74, 6) is 0.642. The zero-order chi connectivity index (χ0) is 13.3. The second-order valence-electron chi connectivity index (χ2n) is 3.69. The minimum atomic E-state index is -4.45. The van der Waals surface area contributed by atoms with Crippen LogP contribution in [0.5, 0.6) is 0 Å². The molecule has 2 heterocycles. The van der Waals surface area contributed by atoms with Gasteiger partial charge in [0, 0.05) is 17.8 Å². The van der Waals surface area contributed by atoms with Gasteiger partial charge in [0.05, 0.1) is 0 Å². The summed E-state index contributed by atoms with van der Waals surface area (Å²) < 4.78 is 38.3. The third-order valence-corrected chi connectivity index (χ3v) is 2.73. The standard InChI is InChI=1S/C11H9ClF3N3/c1-7-8(6-12)2-3-10(16-7)18-5-4-9(17-18)11(13,14)15/h2-5H,6H2,1H3. The van der Waals surface area contributed by atoms with Crippen LogP contribution in [-0.2, 0) is 12.1 Å². The van der Waals surface area contributed by atoms with Gasteiger partial charge < -0.3 is 0 Å². The van der Waals surface area contributed by atoms with Crippen LogP contribution in [-0.4, -0.2) is 14.8 Å². The van der Waals surface area contributed by atoms with Gasteiger partial charge in [-0.25, -0.2) is 9.67 Å². The first-order chi connectivity index (χ1) is 8.41. The summed E-state index contributed by atoms with van der Waals surface area (Å²) in [6.45, 7) is 1.75. The maximum Gasteiger partial charge on any atom is 0.435 e. The third-order valence-electron chi connectivity index (χ3n) is 2.44. The number of alkyl halides is 4. The number of pyridine rings is 1. The molecular weight excluding hydrogens is 267 g/mol. The van der Waals surface area contributed by atoms with Crippen molar-refractivity contribution < 1.29 is 13.2 Å². The van der Waals surface area contributed by atoms with E-state index in [2.05, 4.69) is 10.1 Å². The van der Waals surface area contributed by atoms with E-state index in [0.29, 0.717) is 17.4 Å². The summed E-state index contributed by atoms with van der Waals surface area (Å²) >= 11 is 5.68. The van der Waals surface area contributed by atoms with Crippen molar-refractivity contribution >= 4 is 11.6 Å². The summed E-state index contributed by atoms with van der Waals surface area (Å²) in [6, 6.07) is 4.21. The molecule has 7 heteroatoms. The number of hydrogen-bond donors (Lipinski definition) is 0. The minimum Gasteiger partial charge on any atom is -0.234 e. The third kappa shape index (κ3) is 2.48. The molecule has 0 spiro atoms. The average molecular weight is 276 g/mol. The number of aromatic nitrogens is 3. The second kappa shape index (κ2) is 4.61. The van der Waals surface area contributed by atoms with Crippen LogP contribution in [0.1, 0.15) is 17.0 Å². The molecule has 3 nitrogen and oxygen atoms in total. The number of halogens is 4. The fourth-order valence-electron chi connectivity index (χ4n) is 1.45. The summed E-state index contributed by atoms with van der Waals surface area (Å²) in [6.07, 6.45) is -3.22. The molecule has 0 aliphatic carbocycles. The Bertz CT molecular complexity index is 563. The van der Waals surface area contributed by atoms with Gasteiger partial charge in [0.2, 0.25) is 0 Å². The van der Waals surface area contributed by atoms with Crippen molar-refractivity contribution in [3.63, 3.8) is 0 Å². The first-order valence-electron chi connectivity index (χ1n) is 5.07. The molecule has 0 unspecified atom stereocenters. The highest BCUT2D eigenvalue weighted by Crippen LogP contribution is 2.27. The zero-order valence-electron chi connectivity index (χ0n) is 9.37. The minimum absolute atomic E-state index is 0.312. The van der Waals surface area contributed by atoms with Gasteiger partial charge in [0.25, 0.3) is 0 Å². The van der Waals surface area contributed by atoms with Gasteiger partial charge >= 0.3 is 6.18 Å². The molecule has 0 radical (unpaired) electrons. The molecule has 0 aromatic carbocycles. The molecule has 0 saturated heterocycles. The Morgan fingerprint density at radius 1 is 1.28 bits per heavy atom. The maximum absolute atomic E-state index is 12.4. The highest BCUT2D eigenvalue weighted by atomic mass is 35.5. The Kier molecular flexibility index (Phi) is 3.30. The topological polar surface area (TPSA) is 30.7 Å². The van der Waals surface area contributed by atoms with Crippen LogP contribution in [0.15, 0.2) is 24.4 Å². The lowest BCUT2D eigenvalue weighted by atomic mass is 10.2. The van der Waals surface area contributed by atoms with Crippen LogP contribution in [0, 0.1) is 6.92 Å². The molecule has 0 bridgehead atoms. The van der Waals surface area contributed by atoms with Crippen molar-refractivity contribution in [3.05, 3.63) is 41.3 Å². The molecule has 2 rings (SSSR count). The van der Waals surface area contributed by atoms with Crippen LogP contribution >= 0.6 is 11.6 Å². The molecule has 0 N–H and O–H groups in total. The fourth-order valence-corrected chi connectivity index (χ4v) is 1.73.